The van der Waals surface area contributed by atoms with Gasteiger partial charge in [-0.3, -0.25) is 14.4 Å². The lowest BCUT2D eigenvalue weighted by Gasteiger charge is -2.21. The second-order valence-electron chi connectivity index (χ2n) is 6.42. The fourth-order valence-electron chi connectivity index (χ4n) is 2.37. The van der Waals surface area contributed by atoms with Gasteiger partial charge in [0.1, 0.15) is 6.04 Å². The van der Waals surface area contributed by atoms with Gasteiger partial charge in [-0.25, -0.2) is 0 Å². The molecule has 1 rings (SSSR count). The Bertz CT molecular complexity index is 575. The lowest BCUT2D eigenvalue weighted by Crippen LogP contribution is -2.53. The molecule has 0 aliphatic heterocycles. The van der Waals surface area contributed by atoms with Gasteiger partial charge in [-0.15, -0.1) is 0 Å². The van der Waals surface area contributed by atoms with Crippen molar-refractivity contribution in [2.24, 2.45) is 11.7 Å². The van der Waals surface area contributed by atoms with E-state index in [1.54, 1.807) is 0 Å². The first-order valence-electron chi connectivity index (χ1n) is 8.39. The van der Waals surface area contributed by atoms with Crippen molar-refractivity contribution in [1.82, 2.24) is 10.6 Å². The number of carboxylic acids is 1. The van der Waals surface area contributed by atoms with Crippen molar-refractivity contribution >= 4 is 17.8 Å². The van der Waals surface area contributed by atoms with Crippen LogP contribution >= 0.6 is 0 Å². The number of hydrogen-bond donors (Lipinski definition) is 4. The highest BCUT2D eigenvalue weighted by Crippen LogP contribution is 2.06. The van der Waals surface area contributed by atoms with Crippen LogP contribution in [0.15, 0.2) is 30.3 Å². The minimum atomic E-state index is -0.997. The molecule has 7 heteroatoms. The first-order valence-corrected chi connectivity index (χ1v) is 8.39. The SMILES string of the molecule is CC(C)C[C@H](N)C(=O)N[C@H](Cc1ccccc1)C(=O)NCCC(=O)O. The summed E-state index contributed by atoms with van der Waals surface area (Å²) in [5.74, 6) is -1.54. The van der Waals surface area contributed by atoms with Gasteiger partial charge in [0.25, 0.3) is 0 Å². The van der Waals surface area contributed by atoms with Crippen molar-refractivity contribution in [3.05, 3.63) is 35.9 Å². The van der Waals surface area contributed by atoms with E-state index in [-0.39, 0.29) is 24.8 Å². The lowest BCUT2D eigenvalue weighted by molar-refractivity contribution is -0.137. The maximum absolute atomic E-state index is 12.3. The number of carbonyl (C=O) groups excluding carboxylic acids is 2. The first kappa shape index (κ1) is 20.6. The zero-order valence-corrected chi connectivity index (χ0v) is 14.7. The summed E-state index contributed by atoms with van der Waals surface area (Å²) in [6.45, 7) is 3.94. The summed E-state index contributed by atoms with van der Waals surface area (Å²) >= 11 is 0. The van der Waals surface area contributed by atoms with E-state index in [4.69, 9.17) is 10.8 Å². The molecular weight excluding hydrogens is 322 g/mol. The van der Waals surface area contributed by atoms with Gasteiger partial charge < -0.3 is 21.5 Å². The summed E-state index contributed by atoms with van der Waals surface area (Å²) in [5, 5.41) is 13.9. The zero-order valence-electron chi connectivity index (χ0n) is 14.7. The Morgan fingerprint density at radius 3 is 2.32 bits per heavy atom. The number of amides is 2. The molecule has 2 atom stereocenters. The monoisotopic (exact) mass is 349 g/mol. The van der Waals surface area contributed by atoms with Crippen LogP contribution in [0, 0.1) is 5.92 Å². The molecular formula is C18H27N3O4. The van der Waals surface area contributed by atoms with Crippen molar-refractivity contribution in [2.75, 3.05) is 6.54 Å². The van der Waals surface area contributed by atoms with E-state index >= 15 is 0 Å². The van der Waals surface area contributed by atoms with Crippen LogP contribution < -0.4 is 16.4 Å². The predicted molar refractivity (Wildman–Crippen MR) is 94.8 cm³/mol. The van der Waals surface area contributed by atoms with E-state index in [2.05, 4.69) is 10.6 Å². The second-order valence-corrected chi connectivity index (χ2v) is 6.42. The highest BCUT2D eigenvalue weighted by Gasteiger charge is 2.24. The Morgan fingerprint density at radius 1 is 1.12 bits per heavy atom. The molecule has 0 aliphatic carbocycles. The summed E-state index contributed by atoms with van der Waals surface area (Å²) < 4.78 is 0. The number of rotatable bonds is 10. The summed E-state index contributed by atoms with van der Waals surface area (Å²) in [6.07, 6.45) is 0.648. The molecule has 25 heavy (non-hydrogen) atoms. The van der Waals surface area contributed by atoms with Gasteiger partial charge in [-0.1, -0.05) is 44.2 Å². The van der Waals surface area contributed by atoms with E-state index in [9.17, 15) is 14.4 Å². The summed E-state index contributed by atoms with van der Waals surface area (Å²) in [5.41, 5.74) is 6.77. The second kappa shape index (κ2) is 10.5. The molecule has 0 bridgehead atoms. The molecule has 0 fully saturated rings. The van der Waals surface area contributed by atoms with Crippen LogP contribution in [-0.4, -0.2) is 41.5 Å². The topological polar surface area (TPSA) is 122 Å². The Kier molecular flexibility index (Phi) is 8.63. The Balaban J connectivity index is 2.74. The molecule has 0 aromatic heterocycles. The first-order chi connectivity index (χ1) is 11.8. The number of carboxylic acid groups (broad SMARTS) is 1. The normalized spacial score (nSPS) is 13.1. The highest BCUT2D eigenvalue weighted by atomic mass is 16.4. The standard InChI is InChI=1S/C18H27N3O4/c1-12(2)10-14(19)17(24)21-15(11-13-6-4-3-5-7-13)18(25)20-9-8-16(22)23/h3-7,12,14-15H,8-11,19H2,1-2H3,(H,20,25)(H,21,24)(H,22,23)/t14-,15+/m0/s1. The van der Waals surface area contributed by atoms with Crippen LogP contribution in [-0.2, 0) is 20.8 Å². The molecule has 0 unspecified atom stereocenters. The zero-order chi connectivity index (χ0) is 18.8. The predicted octanol–water partition coefficient (Wildman–Crippen LogP) is 0.678. The molecule has 1 aromatic rings. The molecule has 0 saturated heterocycles. The lowest BCUT2D eigenvalue weighted by atomic mass is 10.0. The van der Waals surface area contributed by atoms with Crippen LogP contribution in [0.5, 0.6) is 0 Å². The smallest absolute Gasteiger partial charge is 0.305 e. The van der Waals surface area contributed by atoms with Crippen LogP contribution in [0.4, 0.5) is 0 Å². The molecule has 0 spiro atoms. The molecule has 138 valence electrons. The van der Waals surface area contributed by atoms with Crippen molar-refractivity contribution in [3.63, 3.8) is 0 Å². The molecule has 5 N–H and O–H groups in total. The van der Waals surface area contributed by atoms with Crippen LogP contribution in [0.2, 0.25) is 0 Å². The fourth-order valence-corrected chi connectivity index (χ4v) is 2.37. The van der Waals surface area contributed by atoms with Crippen molar-refractivity contribution in [1.29, 1.82) is 0 Å². The molecule has 0 heterocycles. The molecule has 0 aliphatic rings. The van der Waals surface area contributed by atoms with E-state index < -0.39 is 24.0 Å². The summed E-state index contributed by atoms with van der Waals surface area (Å²) in [6, 6.07) is 7.78. The van der Waals surface area contributed by atoms with Crippen molar-refractivity contribution in [3.8, 4) is 0 Å². The molecule has 2 amide bonds. The Labute approximate surface area is 148 Å². The van der Waals surface area contributed by atoms with Gasteiger partial charge in [-0.05, 0) is 17.9 Å². The van der Waals surface area contributed by atoms with Crippen LogP contribution in [0.3, 0.4) is 0 Å². The number of carbonyl (C=O) groups is 3. The van der Waals surface area contributed by atoms with Crippen LogP contribution in [0.1, 0.15) is 32.3 Å². The Hall–Kier alpha value is -2.41. The maximum Gasteiger partial charge on any atom is 0.305 e. The van der Waals surface area contributed by atoms with Gasteiger partial charge in [0.2, 0.25) is 11.8 Å². The minimum absolute atomic E-state index is 0.00732. The van der Waals surface area contributed by atoms with Crippen LogP contribution in [0.25, 0.3) is 0 Å². The number of nitrogens with two attached hydrogens (primary N) is 1. The van der Waals surface area contributed by atoms with E-state index in [0.29, 0.717) is 12.8 Å². The van der Waals surface area contributed by atoms with Gasteiger partial charge in [0.15, 0.2) is 0 Å². The number of aliphatic carboxylic acids is 1. The third-order valence-corrected chi connectivity index (χ3v) is 3.62. The van der Waals surface area contributed by atoms with E-state index in [1.165, 1.54) is 0 Å². The molecule has 0 radical (unpaired) electrons. The van der Waals surface area contributed by atoms with Gasteiger partial charge in [0.05, 0.1) is 12.5 Å². The largest absolute Gasteiger partial charge is 0.481 e. The third kappa shape index (κ3) is 8.30. The molecule has 0 saturated carbocycles. The number of nitrogens with one attached hydrogen (secondary N) is 2. The number of benzene rings is 1. The molecule has 7 nitrogen and oxygen atoms in total. The van der Waals surface area contributed by atoms with E-state index in [1.807, 2.05) is 44.2 Å². The maximum atomic E-state index is 12.3. The minimum Gasteiger partial charge on any atom is -0.481 e. The highest BCUT2D eigenvalue weighted by molar-refractivity contribution is 5.90. The quantitative estimate of drug-likeness (QED) is 0.495. The van der Waals surface area contributed by atoms with Gasteiger partial charge >= 0.3 is 5.97 Å². The Morgan fingerprint density at radius 2 is 1.76 bits per heavy atom. The van der Waals surface area contributed by atoms with E-state index in [0.717, 1.165) is 5.56 Å². The molecule has 1 aromatic carbocycles. The van der Waals surface area contributed by atoms with Gasteiger partial charge in [-0.2, -0.15) is 0 Å². The number of hydrogen-bond acceptors (Lipinski definition) is 4. The average Bonchev–Trinajstić information content (AvgIpc) is 2.54. The van der Waals surface area contributed by atoms with Crippen molar-refractivity contribution < 1.29 is 19.5 Å². The van der Waals surface area contributed by atoms with Gasteiger partial charge in [0, 0.05) is 13.0 Å². The third-order valence-electron chi connectivity index (χ3n) is 3.62. The average molecular weight is 349 g/mol. The van der Waals surface area contributed by atoms with Crippen molar-refractivity contribution in [2.45, 2.75) is 45.2 Å². The summed E-state index contributed by atoms with van der Waals surface area (Å²) in [4.78, 5) is 35.2. The fraction of sp³-hybridized carbons (Fsp3) is 0.500. The summed E-state index contributed by atoms with van der Waals surface area (Å²) in [7, 11) is 0.